The van der Waals surface area contributed by atoms with Gasteiger partial charge < -0.3 is 14.8 Å². The van der Waals surface area contributed by atoms with Gasteiger partial charge in [-0.25, -0.2) is 0 Å². The summed E-state index contributed by atoms with van der Waals surface area (Å²) in [5.41, 5.74) is 0.954. The van der Waals surface area contributed by atoms with E-state index in [0.717, 1.165) is 11.3 Å². The van der Waals surface area contributed by atoms with Crippen LogP contribution in [0.15, 0.2) is 48.8 Å². The Balaban J connectivity index is 1.90. The van der Waals surface area contributed by atoms with E-state index in [-0.39, 0.29) is 5.91 Å². The number of carbonyl (C=O) groups excluding carboxylic acids is 1. The number of aromatic nitrogens is 1. The molecule has 0 bridgehead atoms. The summed E-state index contributed by atoms with van der Waals surface area (Å²) in [6.45, 7) is 2.35. The highest BCUT2D eigenvalue weighted by atomic mass is 16.5. The highest BCUT2D eigenvalue weighted by Gasteiger charge is 2.18. The van der Waals surface area contributed by atoms with Crippen LogP contribution in [0, 0.1) is 0 Å². The number of pyridine rings is 1. The summed E-state index contributed by atoms with van der Waals surface area (Å²) in [4.78, 5) is 16.2. The zero-order valence-electron chi connectivity index (χ0n) is 12.8. The van der Waals surface area contributed by atoms with Crippen molar-refractivity contribution in [3.63, 3.8) is 0 Å². The molecule has 0 saturated heterocycles. The lowest BCUT2D eigenvalue weighted by Gasteiger charge is -2.17. The van der Waals surface area contributed by atoms with Gasteiger partial charge in [0.2, 0.25) is 0 Å². The summed E-state index contributed by atoms with van der Waals surface area (Å²) in [6, 6.07) is 10.9. The number of amides is 1. The number of ether oxygens (including phenoxy) is 2. The molecule has 1 aromatic carbocycles. The molecule has 5 nitrogen and oxygen atoms in total. The normalized spacial score (nSPS) is 11.5. The molecule has 1 atom stereocenters. The van der Waals surface area contributed by atoms with Crippen molar-refractivity contribution >= 4 is 5.91 Å². The molecule has 0 radical (unpaired) electrons. The second kappa shape index (κ2) is 8.02. The monoisotopic (exact) mass is 300 g/mol. The third-order valence-electron chi connectivity index (χ3n) is 3.19. The molecule has 22 heavy (non-hydrogen) atoms. The van der Waals surface area contributed by atoms with Gasteiger partial charge in [0.1, 0.15) is 11.5 Å². The minimum absolute atomic E-state index is 0.137. The maximum Gasteiger partial charge on any atom is 0.261 e. The van der Waals surface area contributed by atoms with Crippen LogP contribution in [0.5, 0.6) is 11.5 Å². The van der Waals surface area contributed by atoms with Crippen molar-refractivity contribution in [1.29, 1.82) is 0 Å². The Bertz CT molecular complexity index is 585. The highest BCUT2D eigenvalue weighted by Crippen LogP contribution is 2.19. The summed E-state index contributed by atoms with van der Waals surface area (Å²) in [6.07, 6.45) is 3.49. The Morgan fingerprint density at radius 1 is 1.23 bits per heavy atom. The van der Waals surface area contributed by atoms with E-state index in [4.69, 9.17) is 9.47 Å². The minimum Gasteiger partial charge on any atom is -0.497 e. The van der Waals surface area contributed by atoms with Crippen LogP contribution in [-0.2, 0) is 11.3 Å². The van der Waals surface area contributed by atoms with Gasteiger partial charge in [0.15, 0.2) is 6.10 Å². The van der Waals surface area contributed by atoms with Gasteiger partial charge in [-0.15, -0.1) is 0 Å². The van der Waals surface area contributed by atoms with E-state index in [1.54, 1.807) is 43.8 Å². The van der Waals surface area contributed by atoms with Crippen LogP contribution in [0.4, 0.5) is 0 Å². The maximum atomic E-state index is 12.2. The highest BCUT2D eigenvalue weighted by molar-refractivity contribution is 5.81. The van der Waals surface area contributed by atoms with Crippen LogP contribution >= 0.6 is 0 Å². The molecule has 0 spiro atoms. The quantitative estimate of drug-likeness (QED) is 0.853. The van der Waals surface area contributed by atoms with Crippen molar-refractivity contribution in [3.05, 3.63) is 54.4 Å². The lowest BCUT2D eigenvalue weighted by molar-refractivity contribution is -0.128. The van der Waals surface area contributed by atoms with Gasteiger partial charge in [0.05, 0.1) is 7.11 Å². The Labute approximate surface area is 130 Å². The van der Waals surface area contributed by atoms with E-state index in [2.05, 4.69) is 10.3 Å². The van der Waals surface area contributed by atoms with Gasteiger partial charge in [-0.05, 0) is 42.3 Å². The molecule has 1 heterocycles. The number of hydrogen-bond donors (Lipinski definition) is 1. The first-order chi connectivity index (χ1) is 10.7. The Hall–Kier alpha value is -2.56. The van der Waals surface area contributed by atoms with E-state index < -0.39 is 6.10 Å². The van der Waals surface area contributed by atoms with Crippen molar-refractivity contribution in [3.8, 4) is 11.5 Å². The molecule has 5 heteroatoms. The third kappa shape index (κ3) is 4.48. The Kier molecular flexibility index (Phi) is 5.77. The number of benzene rings is 1. The Morgan fingerprint density at radius 3 is 2.55 bits per heavy atom. The smallest absolute Gasteiger partial charge is 0.261 e. The zero-order chi connectivity index (χ0) is 15.8. The molecule has 0 aliphatic heterocycles. The molecular weight excluding hydrogens is 280 g/mol. The van der Waals surface area contributed by atoms with Gasteiger partial charge in [-0.2, -0.15) is 0 Å². The predicted molar refractivity (Wildman–Crippen MR) is 83.8 cm³/mol. The van der Waals surface area contributed by atoms with Gasteiger partial charge in [0.25, 0.3) is 5.91 Å². The molecule has 116 valence electrons. The number of nitrogens with zero attached hydrogens (tertiary/aromatic N) is 1. The summed E-state index contributed by atoms with van der Waals surface area (Å²) in [5, 5.41) is 2.86. The molecule has 1 N–H and O–H groups in total. The van der Waals surface area contributed by atoms with E-state index in [0.29, 0.717) is 18.7 Å². The van der Waals surface area contributed by atoms with Crippen molar-refractivity contribution in [1.82, 2.24) is 10.3 Å². The van der Waals surface area contributed by atoms with Crippen molar-refractivity contribution in [2.75, 3.05) is 7.11 Å². The van der Waals surface area contributed by atoms with Crippen LogP contribution in [0.2, 0.25) is 0 Å². The Morgan fingerprint density at radius 2 is 1.95 bits per heavy atom. The van der Waals surface area contributed by atoms with Gasteiger partial charge in [-0.1, -0.05) is 13.0 Å². The second-order valence-electron chi connectivity index (χ2n) is 4.77. The molecule has 2 rings (SSSR count). The van der Waals surface area contributed by atoms with E-state index in [1.165, 1.54) is 0 Å². The molecule has 0 aliphatic rings. The molecule has 0 saturated carbocycles. The molecule has 2 aromatic rings. The fraction of sp³-hybridized carbons (Fsp3) is 0.294. The first-order valence-electron chi connectivity index (χ1n) is 7.20. The van der Waals surface area contributed by atoms with Crippen molar-refractivity contribution < 1.29 is 14.3 Å². The molecular formula is C17H20N2O3. The van der Waals surface area contributed by atoms with E-state index in [9.17, 15) is 4.79 Å². The topological polar surface area (TPSA) is 60.5 Å². The fourth-order valence-electron chi connectivity index (χ4n) is 1.95. The van der Waals surface area contributed by atoms with E-state index >= 15 is 0 Å². The van der Waals surface area contributed by atoms with Crippen molar-refractivity contribution in [2.45, 2.75) is 26.0 Å². The first kappa shape index (κ1) is 15.8. The molecule has 1 aromatic heterocycles. The average molecular weight is 300 g/mol. The number of hydrogen-bond acceptors (Lipinski definition) is 4. The van der Waals surface area contributed by atoms with Crippen LogP contribution in [0.1, 0.15) is 18.9 Å². The fourth-order valence-corrected chi connectivity index (χ4v) is 1.95. The van der Waals surface area contributed by atoms with E-state index in [1.807, 2.05) is 19.1 Å². The number of methoxy groups -OCH3 is 1. The largest absolute Gasteiger partial charge is 0.497 e. The maximum absolute atomic E-state index is 12.2. The van der Waals surface area contributed by atoms with Crippen LogP contribution in [-0.4, -0.2) is 24.1 Å². The van der Waals surface area contributed by atoms with Crippen LogP contribution < -0.4 is 14.8 Å². The summed E-state index contributed by atoms with van der Waals surface area (Å²) in [7, 11) is 1.61. The van der Waals surface area contributed by atoms with Gasteiger partial charge >= 0.3 is 0 Å². The van der Waals surface area contributed by atoms with Gasteiger partial charge in [0, 0.05) is 18.9 Å². The lowest BCUT2D eigenvalue weighted by Crippen LogP contribution is -2.37. The first-order valence-corrected chi connectivity index (χ1v) is 7.20. The standard InChI is InChI=1S/C17H20N2O3/c1-3-16(22-15-8-6-14(21-2)7-9-15)17(20)19-12-13-5-4-10-18-11-13/h4-11,16H,3,12H2,1-2H3,(H,19,20)/t16-/m0/s1. The third-order valence-corrected chi connectivity index (χ3v) is 3.19. The zero-order valence-corrected chi connectivity index (χ0v) is 12.8. The summed E-state index contributed by atoms with van der Waals surface area (Å²) >= 11 is 0. The molecule has 0 fully saturated rings. The summed E-state index contributed by atoms with van der Waals surface area (Å²) < 4.78 is 10.8. The lowest BCUT2D eigenvalue weighted by atomic mass is 10.2. The summed E-state index contributed by atoms with van der Waals surface area (Å²) in [5.74, 6) is 1.26. The van der Waals surface area contributed by atoms with Crippen LogP contribution in [0.3, 0.4) is 0 Å². The SMILES string of the molecule is CC[C@H](Oc1ccc(OC)cc1)C(=O)NCc1cccnc1. The van der Waals surface area contributed by atoms with Crippen molar-refractivity contribution in [2.24, 2.45) is 0 Å². The number of nitrogens with one attached hydrogen (secondary N) is 1. The van der Waals surface area contributed by atoms with Crippen LogP contribution in [0.25, 0.3) is 0 Å². The second-order valence-corrected chi connectivity index (χ2v) is 4.77. The molecule has 0 unspecified atom stereocenters. The molecule has 0 aliphatic carbocycles. The van der Waals surface area contributed by atoms with Gasteiger partial charge in [-0.3, -0.25) is 9.78 Å². The minimum atomic E-state index is -0.523. The number of carbonyl (C=O) groups is 1. The predicted octanol–water partition coefficient (Wildman–Crippen LogP) is 2.56. The molecule has 1 amide bonds. The average Bonchev–Trinajstić information content (AvgIpc) is 2.59. The number of rotatable bonds is 7.